The van der Waals surface area contributed by atoms with Gasteiger partial charge in [0.05, 0.1) is 21.6 Å². The fourth-order valence-corrected chi connectivity index (χ4v) is 6.37. The Bertz CT molecular complexity index is 1170. The van der Waals surface area contributed by atoms with Crippen molar-refractivity contribution < 1.29 is 37.5 Å². The first-order chi connectivity index (χ1) is 16.1. The second-order valence-corrected chi connectivity index (χ2v) is 10.0. The summed E-state index contributed by atoms with van der Waals surface area (Å²) in [4.78, 5) is 59.3. The second kappa shape index (κ2) is 10.8. The van der Waals surface area contributed by atoms with Gasteiger partial charge in [-0.3, -0.25) is 18.7 Å². The largest absolute Gasteiger partial charge is 0.539 e. The van der Waals surface area contributed by atoms with Crippen LogP contribution in [0.25, 0.3) is 0 Å². The molecule has 1 unspecified atom stereocenters. The van der Waals surface area contributed by atoms with E-state index in [0.717, 1.165) is 4.90 Å². The maximum absolute atomic E-state index is 13.0. The predicted octanol–water partition coefficient (Wildman–Crippen LogP) is -0.956. The number of nitrogens with zero attached hydrogens (tertiary/aromatic N) is 3. The number of oxime groups is 1. The minimum absolute atomic E-state index is 0.00937. The van der Waals surface area contributed by atoms with Crippen molar-refractivity contribution in [2.24, 2.45) is 5.16 Å². The van der Waals surface area contributed by atoms with Gasteiger partial charge in [-0.2, -0.15) is 0 Å². The molecule has 0 aliphatic carbocycles. The Balaban J connectivity index is 1.86. The summed E-state index contributed by atoms with van der Waals surface area (Å²) in [7, 11) is 8.11. The third kappa shape index (κ3) is 4.95. The maximum Gasteiger partial charge on any atom is 0.379 e. The summed E-state index contributed by atoms with van der Waals surface area (Å²) in [6.45, 7) is 4.96. The first kappa shape index (κ1) is 26.1. The molecule has 3 rings (SSSR count). The summed E-state index contributed by atoms with van der Waals surface area (Å²) < 4.78 is 21.3. The Hall–Kier alpha value is -2.53. The molecule has 1 saturated heterocycles. The molecule has 1 aromatic heterocycles. The van der Waals surface area contributed by atoms with E-state index in [-0.39, 0.29) is 17.1 Å². The lowest BCUT2D eigenvalue weighted by Gasteiger charge is -2.49. The number of hydrogen-bond donors (Lipinski definition) is 1. The van der Waals surface area contributed by atoms with Crippen molar-refractivity contribution in [3.05, 3.63) is 39.7 Å². The smallest absolute Gasteiger partial charge is 0.379 e. The average Bonchev–Trinajstić information content (AvgIpc) is 3.26. The van der Waals surface area contributed by atoms with Gasteiger partial charge < -0.3 is 19.5 Å². The summed E-state index contributed by atoms with van der Waals surface area (Å²) in [5.41, 5.74) is 0.0265. The number of carbonyl (C=O) groups excluding carboxylic acids is 4. The van der Waals surface area contributed by atoms with Crippen LogP contribution in [0.2, 0.25) is 0 Å². The number of alkyl halides is 1. The summed E-state index contributed by atoms with van der Waals surface area (Å²) >= 11 is 3.17. The monoisotopic (exact) mass is 614 g/mol. The van der Waals surface area contributed by atoms with Gasteiger partial charge in [0, 0.05) is 9.81 Å². The number of hydrogen-bond acceptors (Lipinski definition) is 11. The molecule has 12 nitrogen and oxygen atoms in total. The van der Waals surface area contributed by atoms with Gasteiger partial charge in [0.25, 0.3) is 11.8 Å². The van der Waals surface area contributed by atoms with Crippen LogP contribution in [0.5, 0.6) is 0 Å². The van der Waals surface area contributed by atoms with Crippen LogP contribution in [0.1, 0.15) is 10.7 Å². The third-order valence-corrected chi connectivity index (χ3v) is 7.96. The van der Waals surface area contributed by atoms with Crippen LogP contribution in [0, 0.1) is 6.92 Å². The van der Waals surface area contributed by atoms with Crippen molar-refractivity contribution in [2.75, 3.05) is 10.2 Å². The Morgan fingerprint density at radius 3 is 2.68 bits per heavy atom. The molecular weight excluding hydrogens is 601 g/mol. The Kier molecular flexibility index (Phi) is 8.29. The van der Waals surface area contributed by atoms with Crippen molar-refractivity contribution in [1.29, 1.82) is 0 Å². The van der Waals surface area contributed by atoms with Gasteiger partial charge in [0.15, 0.2) is 5.71 Å². The van der Waals surface area contributed by atoms with E-state index >= 15 is 0 Å². The molecule has 3 atom stereocenters. The number of rotatable bonds is 8. The van der Waals surface area contributed by atoms with Crippen LogP contribution in [0.3, 0.4) is 0 Å². The molecule has 1 fully saturated rings. The third-order valence-electron chi connectivity index (χ3n) is 4.61. The van der Waals surface area contributed by atoms with E-state index < -0.39 is 57.4 Å². The number of fused-ring (bicyclic) bond motifs is 1. The fraction of sp³-hybridized carbons (Fsp3) is 0.294. The molecule has 2 aliphatic rings. The normalized spacial score (nSPS) is 21.8. The number of amides is 2. The first-order valence-corrected chi connectivity index (χ1v) is 12.9. The summed E-state index contributed by atoms with van der Waals surface area (Å²) in [6, 6.07) is -1.24. The molecule has 2 aliphatic heterocycles. The van der Waals surface area contributed by atoms with E-state index in [1.807, 2.05) is 22.6 Å². The van der Waals surface area contributed by atoms with Crippen molar-refractivity contribution in [2.45, 2.75) is 18.3 Å². The molecule has 34 heavy (non-hydrogen) atoms. The highest BCUT2D eigenvalue weighted by Gasteiger charge is 2.57. The summed E-state index contributed by atoms with van der Waals surface area (Å²) in [5, 5.41) is 7.11. The summed E-state index contributed by atoms with van der Waals surface area (Å²) in [6.07, 6.45) is 0. The zero-order chi connectivity index (χ0) is 25.2. The van der Waals surface area contributed by atoms with Crippen LogP contribution in [-0.4, -0.2) is 81.3 Å². The van der Waals surface area contributed by atoms with Crippen LogP contribution >= 0.6 is 33.9 Å². The number of carbonyl (C=O) groups is 4. The minimum atomic E-state index is -1.63. The predicted molar refractivity (Wildman–Crippen MR) is 129 cm³/mol. The molecule has 174 valence electrons. The number of β-lactam (4-membered cyclic amide) rings is 1. The highest BCUT2D eigenvalue weighted by Crippen LogP contribution is 2.35. The van der Waals surface area contributed by atoms with E-state index in [1.54, 1.807) is 6.92 Å². The number of aromatic nitrogens is 1. The maximum atomic E-state index is 13.0. The molecule has 1 N–H and O–H groups in total. The fourth-order valence-electron chi connectivity index (χ4n) is 3.09. The van der Waals surface area contributed by atoms with Crippen molar-refractivity contribution >= 4 is 90.3 Å². The van der Waals surface area contributed by atoms with Gasteiger partial charge in [-0.15, -0.1) is 11.3 Å². The SMILES string of the molecule is [B]OC(=O)C(=C)O/N=C(/C(=O)N[C@@H]1C(=O)N2C(C(=O)O[B])=C(CI)CS(=O)[C@H]12)c1csc(C)n1. The molecule has 4 radical (unpaired) electrons. The Morgan fingerprint density at radius 1 is 1.41 bits per heavy atom. The van der Waals surface area contributed by atoms with E-state index in [2.05, 4.69) is 31.3 Å². The lowest BCUT2D eigenvalue weighted by atomic mass is 10.0. The zero-order valence-corrected chi connectivity index (χ0v) is 21.1. The number of aryl methyl sites for hydroxylation is 1. The molecule has 2 amide bonds. The van der Waals surface area contributed by atoms with E-state index in [0.29, 0.717) is 15.0 Å². The number of halogens is 1. The second-order valence-electron chi connectivity index (χ2n) is 6.68. The first-order valence-electron chi connectivity index (χ1n) is 9.12. The van der Waals surface area contributed by atoms with Crippen molar-refractivity contribution in [1.82, 2.24) is 15.2 Å². The van der Waals surface area contributed by atoms with E-state index in [4.69, 9.17) is 20.9 Å². The van der Waals surface area contributed by atoms with Crippen molar-refractivity contribution in [3.8, 4) is 0 Å². The molecule has 17 heteroatoms. The average molecular weight is 614 g/mol. The van der Waals surface area contributed by atoms with Gasteiger partial charge in [-0.05, 0) is 19.1 Å². The highest BCUT2D eigenvalue weighted by atomic mass is 127. The molecule has 0 spiro atoms. The quantitative estimate of drug-likeness (QED) is 0.0571. The Labute approximate surface area is 215 Å². The molecule has 1 aromatic rings. The number of nitrogens with one attached hydrogen (secondary N) is 1. The van der Waals surface area contributed by atoms with Gasteiger partial charge in [0.1, 0.15) is 22.8 Å². The molecule has 0 bridgehead atoms. The minimum Gasteiger partial charge on any atom is -0.539 e. The number of thiazole rings is 1. The zero-order valence-electron chi connectivity index (χ0n) is 17.3. The standard InChI is InChI=1S/C17H13B2IN4O8S2/c1-6(16(27)30-18)32-23-10(9-4-33-7(2)21-9)13(25)22-11-14(26)24-12(17(28)31-19)8(3-20)5-34(29)15(11)24/h4,11,15H,1,3,5H2,2H3,(H,22,25)/b23-10+/t11-,15-,34?/m1/s1. The lowest BCUT2D eigenvalue weighted by Crippen LogP contribution is -2.74. The van der Waals surface area contributed by atoms with Crippen LogP contribution < -0.4 is 5.32 Å². The molecule has 3 heterocycles. The van der Waals surface area contributed by atoms with Gasteiger partial charge in [-0.25, -0.2) is 14.6 Å². The molecular formula is C17H13B2IN4O8S2. The topological polar surface area (TPSA) is 154 Å². The van der Waals surface area contributed by atoms with Crippen LogP contribution in [0.4, 0.5) is 0 Å². The molecule has 0 saturated carbocycles. The molecule has 0 aromatic carbocycles. The summed E-state index contributed by atoms with van der Waals surface area (Å²) in [5.74, 6) is -4.31. The van der Waals surface area contributed by atoms with Gasteiger partial charge in [0.2, 0.25) is 5.76 Å². The van der Waals surface area contributed by atoms with Crippen molar-refractivity contribution in [3.63, 3.8) is 0 Å². The van der Waals surface area contributed by atoms with Crippen LogP contribution in [-0.2, 0) is 44.1 Å². The van der Waals surface area contributed by atoms with Gasteiger partial charge in [-0.1, -0.05) is 27.7 Å². The van der Waals surface area contributed by atoms with Crippen LogP contribution in [0.15, 0.2) is 34.1 Å². The highest BCUT2D eigenvalue weighted by molar-refractivity contribution is 14.1. The lowest BCUT2D eigenvalue weighted by molar-refractivity contribution is -0.149. The van der Waals surface area contributed by atoms with Gasteiger partial charge >= 0.3 is 28.0 Å². The Morgan fingerprint density at radius 2 is 2.12 bits per heavy atom. The van der Waals surface area contributed by atoms with E-state index in [9.17, 15) is 23.4 Å². The van der Waals surface area contributed by atoms with E-state index in [1.165, 1.54) is 16.7 Å².